The molecule has 1 aromatic carbocycles. The van der Waals surface area contributed by atoms with Gasteiger partial charge in [-0.3, -0.25) is 0 Å². The number of hydrogen-bond donors (Lipinski definition) is 2. The number of nitrogens with one attached hydrogen (secondary N) is 1. The van der Waals surface area contributed by atoms with Crippen molar-refractivity contribution in [2.45, 2.75) is 18.2 Å². The van der Waals surface area contributed by atoms with E-state index in [0.29, 0.717) is 0 Å². The fourth-order valence-corrected chi connectivity index (χ4v) is 2.49. The largest absolute Gasteiger partial charge is 0.395 e. The maximum atomic E-state index is 9.29. The lowest BCUT2D eigenvalue weighted by Crippen LogP contribution is -2.31. The lowest BCUT2D eigenvalue weighted by atomic mass is 10.2. The first kappa shape index (κ1) is 13.1. The summed E-state index contributed by atoms with van der Waals surface area (Å²) in [6, 6.07) is 8.03. The first-order valence-corrected chi connectivity index (χ1v) is 7.15. The fraction of sp³-hybridized carbons (Fsp3) is 0.385. The van der Waals surface area contributed by atoms with Crippen LogP contribution in [0.15, 0.2) is 30.6 Å². The molecule has 2 atom stereocenters. The Hall–Kier alpha value is -1.33. The van der Waals surface area contributed by atoms with Crippen molar-refractivity contribution in [3.63, 3.8) is 0 Å². The summed E-state index contributed by atoms with van der Waals surface area (Å²) in [5.41, 5.74) is 0.923. The summed E-state index contributed by atoms with van der Waals surface area (Å²) in [6.07, 6.45) is 3.56. The van der Waals surface area contributed by atoms with Crippen molar-refractivity contribution in [2.24, 2.45) is 0 Å². The fourth-order valence-electron chi connectivity index (χ4n) is 1.87. The quantitative estimate of drug-likeness (QED) is 0.865. The van der Waals surface area contributed by atoms with E-state index in [9.17, 15) is 5.11 Å². The Morgan fingerprint density at radius 2 is 2.11 bits per heavy atom. The van der Waals surface area contributed by atoms with E-state index in [1.807, 2.05) is 37.4 Å². The number of rotatable bonds is 5. The number of thioether (sulfide) groups is 1. The summed E-state index contributed by atoms with van der Waals surface area (Å²) >= 11 is 1.65. The van der Waals surface area contributed by atoms with Crippen LogP contribution in [0.1, 0.15) is 6.92 Å². The third-order valence-corrected chi connectivity index (χ3v) is 4.11. The van der Waals surface area contributed by atoms with Crippen LogP contribution in [0.2, 0.25) is 0 Å². The van der Waals surface area contributed by atoms with Crippen LogP contribution in [0.3, 0.4) is 0 Å². The normalized spacial score (nSPS) is 14.4. The van der Waals surface area contributed by atoms with E-state index in [-0.39, 0.29) is 17.9 Å². The van der Waals surface area contributed by atoms with Crippen molar-refractivity contribution in [2.75, 3.05) is 18.2 Å². The van der Waals surface area contributed by atoms with Crippen LogP contribution < -0.4 is 5.32 Å². The number of aromatic nitrogens is 2. The average Bonchev–Trinajstić information content (AvgIpc) is 2.40. The van der Waals surface area contributed by atoms with Gasteiger partial charge in [0.15, 0.2) is 0 Å². The molecule has 96 valence electrons. The molecule has 0 amide bonds. The Bertz CT molecular complexity index is 511. The van der Waals surface area contributed by atoms with Crippen molar-refractivity contribution in [3.8, 4) is 0 Å². The molecular formula is C13H17N3OS. The summed E-state index contributed by atoms with van der Waals surface area (Å²) in [5, 5.41) is 13.8. The number of hydrogen-bond acceptors (Lipinski definition) is 5. The molecule has 2 unspecified atom stereocenters. The van der Waals surface area contributed by atoms with Gasteiger partial charge in [-0.1, -0.05) is 12.1 Å². The Morgan fingerprint density at radius 3 is 2.83 bits per heavy atom. The smallest absolute Gasteiger partial charge is 0.137 e. The van der Waals surface area contributed by atoms with E-state index in [0.717, 1.165) is 16.7 Å². The standard InChI is InChI=1S/C13H17N3OS/c1-9(12(7-17)18-2)16-13-10-5-3-4-6-11(10)14-8-15-13/h3-6,8-9,12,17H,7H2,1-2H3,(H,14,15,16). The van der Waals surface area contributed by atoms with Gasteiger partial charge in [0, 0.05) is 16.7 Å². The zero-order valence-electron chi connectivity index (χ0n) is 10.5. The Kier molecular flexibility index (Phi) is 4.38. The molecule has 1 aromatic heterocycles. The van der Waals surface area contributed by atoms with Crippen LogP contribution in [0.25, 0.3) is 10.9 Å². The molecule has 0 saturated heterocycles. The molecule has 18 heavy (non-hydrogen) atoms. The third-order valence-electron chi connectivity index (χ3n) is 2.95. The molecule has 2 aromatic rings. The third kappa shape index (κ3) is 2.73. The minimum atomic E-state index is 0.142. The van der Waals surface area contributed by atoms with Crippen molar-refractivity contribution < 1.29 is 5.11 Å². The zero-order chi connectivity index (χ0) is 13.0. The Labute approximate surface area is 111 Å². The number of anilines is 1. The monoisotopic (exact) mass is 263 g/mol. The second-order valence-electron chi connectivity index (χ2n) is 4.13. The van der Waals surface area contributed by atoms with Crippen LogP contribution in [-0.2, 0) is 0 Å². The van der Waals surface area contributed by atoms with Crippen LogP contribution in [-0.4, -0.2) is 39.2 Å². The molecule has 0 bridgehead atoms. The predicted molar refractivity (Wildman–Crippen MR) is 77.0 cm³/mol. The van der Waals surface area contributed by atoms with Gasteiger partial charge in [0.05, 0.1) is 12.1 Å². The van der Waals surface area contributed by atoms with Gasteiger partial charge in [0.1, 0.15) is 12.1 Å². The molecule has 0 spiro atoms. The van der Waals surface area contributed by atoms with E-state index in [2.05, 4.69) is 15.3 Å². The SMILES string of the molecule is CSC(CO)C(C)Nc1ncnc2ccccc12. The highest BCUT2D eigenvalue weighted by Gasteiger charge is 2.16. The molecule has 0 saturated carbocycles. The van der Waals surface area contributed by atoms with E-state index < -0.39 is 0 Å². The second-order valence-corrected chi connectivity index (χ2v) is 5.21. The van der Waals surface area contributed by atoms with Gasteiger partial charge >= 0.3 is 0 Å². The van der Waals surface area contributed by atoms with Gasteiger partial charge in [0.2, 0.25) is 0 Å². The zero-order valence-corrected chi connectivity index (χ0v) is 11.3. The molecule has 2 rings (SSSR count). The number of para-hydroxylation sites is 1. The lowest BCUT2D eigenvalue weighted by molar-refractivity contribution is 0.288. The van der Waals surface area contributed by atoms with Gasteiger partial charge in [-0.25, -0.2) is 9.97 Å². The number of nitrogens with zero attached hydrogens (tertiary/aromatic N) is 2. The molecule has 0 aliphatic heterocycles. The van der Waals surface area contributed by atoms with Crippen LogP contribution >= 0.6 is 11.8 Å². The topological polar surface area (TPSA) is 58.0 Å². The molecule has 4 nitrogen and oxygen atoms in total. The molecule has 0 fully saturated rings. The molecular weight excluding hydrogens is 246 g/mol. The summed E-state index contributed by atoms with van der Waals surface area (Å²) in [5.74, 6) is 0.820. The van der Waals surface area contributed by atoms with Crippen molar-refractivity contribution in [3.05, 3.63) is 30.6 Å². The molecule has 1 heterocycles. The number of aliphatic hydroxyl groups is 1. The number of benzene rings is 1. The van der Waals surface area contributed by atoms with E-state index in [1.54, 1.807) is 18.1 Å². The summed E-state index contributed by atoms with van der Waals surface area (Å²) < 4.78 is 0. The second kappa shape index (κ2) is 6.02. The van der Waals surface area contributed by atoms with Crippen molar-refractivity contribution >= 4 is 28.5 Å². The van der Waals surface area contributed by atoms with Gasteiger partial charge < -0.3 is 10.4 Å². The summed E-state index contributed by atoms with van der Waals surface area (Å²) in [6.45, 7) is 2.20. The Morgan fingerprint density at radius 1 is 1.33 bits per heavy atom. The van der Waals surface area contributed by atoms with E-state index >= 15 is 0 Å². The minimum Gasteiger partial charge on any atom is -0.395 e. The van der Waals surface area contributed by atoms with Gasteiger partial charge in [-0.05, 0) is 25.3 Å². The predicted octanol–water partition coefficient (Wildman–Crippen LogP) is 2.15. The summed E-state index contributed by atoms with van der Waals surface area (Å²) in [7, 11) is 0. The van der Waals surface area contributed by atoms with Gasteiger partial charge in [-0.2, -0.15) is 11.8 Å². The molecule has 0 radical (unpaired) electrons. The lowest BCUT2D eigenvalue weighted by Gasteiger charge is -2.22. The molecule has 0 aliphatic rings. The maximum absolute atomic E-state index is 9.29. The average molecular weight is 263 g/mol. The van der Waals surface area contributed by atoms with Gasteiger partial charge in [-0.15, -0.1) is 0 Å². The maximum Gasteiger partial charge on any atom is 0.137 e. The molecule has 5 heteroatoms. The highest BCUT2D eigenvalue weighted by molar-refractivity contribution is 7.99. The van der Waals surface area contributed by atoms with Crippen LogP contribution in [0.5, 0.6) is 0 Å². The molecule has 2 N–H and O–H groups in total. The van der Waals surface area contributed by atoms with Crippen LogP contribution in [0.4, 0.5) is 5.82 Å². The summed E-state index contributed by atoms with van der Waals surface area (Å²) in [4.78, 5) is 8.51. The van der Waals surface area contributed by atoms with E-state index in [1.165, 1.54) is 0 Å². The highest BCUT2D eigenvalue weighted by atomic mass is 32.2. The van der Waals surface area contributed by atoms with Crippen molar-refractivity contribution in [1.82, 2.24) is 9.97 Å². The van der Waals surface area contributed by atoms with Gasteiger partial charge in [0.25, 0.3) is 0 Å². The molecule has 0 aliphatic carbocycles. The minimum absolute atomic E-state index is 0.142. The highest BCUT2D eigenvalue weighted by Crippen LogP contribution is 2.21. The van der Waals surface area contributed by atoms with Crippen LogP contribution in [0, 0.1) is 0 Å². The first-order valence-electron chi connectivity index (χ1n) is 5.86. The number of aliphatic hydroxyl groups excluding tert-OH is 1. The van der Waals surface area contributed by atoms with Crippen molar-refractivity contribution in [1.29, 1.82) is 0 Å². The number of fused-ring (bicyclic) bond motifs is 1. The van der Waals surface area contributed by atoms with E-state index in [4.69, 9.17) is 0 Å². The first-order chi connectivity index (χ1) is 8.76. The Balaban J connectivity index is 2.26.